The van der Waals surface area contributed by atoms with Gasteiger partial charge in [0.05, 0.1) is 16.7 Å². The number of halogens is 1. The molecule has 4 aromatic rings. The lowest BCUT2D eigenvalue weighted by atomic mass is 10.1. The van der Waals surface area contributed by atoms with Gasteiger partial charge in [-0.05, 0) is 62.1 Å². The number of anilines is 1. The predicted octanol–water partition coefficient (Wildman–Crippen LogP) is 4.17. The summed E-state index contributed by atoms with van der Waals surface area (Å²) in [6.07, 6.45) is 3.85. The highest BCUT2D eigenvalue weighted by atomic mass is 19.1. The zero-order valence-electron chi connectivity index (χ0n) is 17.8. The minimum atomic E-state index is -0.802. The molecule has 6 rings (SSSR count). The first-order valence-corrected chi connectivity index (χ1v) is 11.1. The summed E-state index contributed by atoms with van der Waals surface area (Å²) in [5.74, 6) is 0.873. The highest BCUT2D eigenvalue weighted by Gasteiger charge is 2.27. The predicted molar refractivity (Wildman–Crippen MR) is 120 cm³/mol. The van der Waals surface area contributed by atoms with Crippen molar-refractivity contribution in [2.45, 2.75) is 32.2 Å². The first kappa shape index (κ1) is 19.4. The van der Waals surface area contributed by atoms with E-state index in [-0.39, 0.29) is 16.7 Å². The van der Waals surface area contributed by atoms with Crippen LogP contribution in [0.5, 0.6) is 5.75 Å². The summed E-state index contributed by atoms with van der Waals surface area (Å²) in [5.41, 5.74) is 2.46. The molecule has 1 atom stereocenters. The lowest BCUT2D eigenvalue weighted by Gasteiger charge is -2.18. The van der Waals surface area contributed by atoms with E-state index in [1.54, 1.807) is 19.1 Å². The molecule has 7 nitrogen and oxygen atoms in total. The van der Waals surface area contributed by atoms with E-state index < -0.39 is 11.6 Å². The van der Waals surface area contributed by atoms with Gasteiger partial charge in [0.15, 0.2) is 23.0 Å². The third-order valence-corrected chi connectivity index (χ3v) is 6.41. The molecule has 4 heterocycles. The number of aromatic hydroxyl groups is 1. The zero-order valence-corrected chi connectivity index (χ0v) is 17.8. The minimum absolute atomic E-state index is 0.0198. The molecule has 2 fully saturated rings. The van der Waals surface area contributed by atoms with E-state index in [1.807, 2.05) is 18.2 Å². The Bertz CT molecular complexity index is 1330. The Morgan fingerprint density at radius 2 is 1.94 bits per heavy atom. The van der Waals surface area contributed by atoms with Crippen LogP contribution in [0.15, 0.2) is 34.7 Å². The number of benzene rings is 1. The van der Waals surface area contributed by atoms with Crippen LogP contribution in [0.25, 0.3) is 33.4 Å². The van der Waals surface area contributed by atoms with Gasteiger partial charge in [-0.25, -0.2) is 19.3 Å². The van der Waals surface area contributed by atoms with E-state index in [1.165, 1.54) is 12.8 Å². The highest BCUT2D eigenvalue weighted by Crippen LogP contribution is 2.36. The molecule has 0 unspecified atom stereocenters. The second kappa shape index (κ2) is 7.41. The van der Waals surface area contributed by atoms with Crippen LogP contribution in [0, 0.1) is 18.7 Å². The topological polar surface area (TPSA) is 87.3 Å². The van der Waals surface area contributed by atoms with E-state index in [9.17, 15) is 9.50 Å². The van der Waals surface area contributed by atoms with Crippen LogP contribution in [0.4, 0.5) is 10.2 Å². The van der Waals surface area contributed by atoms with E-state index in [2.05, 4.69) is 20.2 Å². The fraction of sp³-hybridized carbons (Fsp3) is 0.375. The quantitative estimate of drug-likeness (QED) is 0.488. The minimum Gasteiger partial charge on any atom is -0.504 e. The van der Waals surface area contributed by atoms with E-state index in [0.29, 0.717) is 23.1 Å². The Labute approximate surface area is 184 Å². The molecule has 164 valence electrons. The van der Waals surface area contributed by atoms with Crippen LogP contribution >= 0.6 is 0 Å². The van der Waals surface area contributed by atoms with Crippen molar-refractivity contribution in [3.05, 3.63) is 42.0 Å². The summed E-state index contributed by atoms with van der Waals surface area (Å²) in [6.45, 7) is 4.71. The van der Waals surface area contributed by atoms with Gasteiger partial charge in [-0.15, -0.1) is 0 Å². The fourth-order valence-corrected chi connectivity index (χ4v) is 4.44. The number of hydrogen-bond acceptors (Lipinski definition) is 7. The van der Waals surface area contributed by atoms with Gasteiger partial charge >= 0.3 is 0 Å². The molecule has 1 saturated heterocycles. The zero-order chi connectivity index (χ0) is 21.8. The van der Waals surface area contributed by atoms with Crippen molar-refractivity contribution in [1.29, 1.82) is 0 Å². The normalized spacial score (nSPS) is 18.8. The Balaban J connectivity index is 1.28. The first-order valence-electron chi connectivity index (χ1n) is 11.1. The van der Waals surface area contributed by atoms with Crippen LogP contribution in [0.2, 0.25) is 0 Å². The lowest BCUT2D eigenvalue weighted by molar-refractivity contribution is 0.437. The number of phenols is 1. The van der Waals surface area contributed by atoms with Crippen LogP contribution in [-0.4, -0.2) is 45.7 Å². The molecule has 0 spiro atoms. The summed E-state index contributed by atoms with van der Waals surface area (Å²) in [5, 5.41) is 14.1. The average molecular weight is 433 g/mol. The van der Waals surface area contributed by atoms with Gasteiger partial charge in [-0.3, -0.25) is 0 Å². The van der Waals surface area contributed by atoms with Crippen molar-refractivity contribution in [2.24, 2.45) is 5.92 Å². The average Bonchev–Trinajstić information content (AvgIpc) is 3.37. The molecule has 0 bridgehead atoms. The van der Waals surface area contributed by atoms with E-state index in [0.717, 1.165) is 43.3 Å². The van der Waals surface area contributed by atoms with Crippen molar-refractivity contribution in [3.8, 4) is 17.0 Å². The fourth-order valence-electron chi connectivity index (χ4n) is 4.44. The molecule has 2 N–H and O–H groups in total. The standard InChI is InChI=1S/C24H24FN5O2/c1-13-27-23-20(32-13)10-16(24(31)22(23)25)17-4-5-19-18(28-17)6-7-21(29-19)30-9-8-15(12-30)26-11-14-2-3-14/h4-7,10,14-15,26,31H,2-3,8-9,11-12H2,1H3/t15-/m0/s1. The molecule has 3 aromatic heterocycles. The second-order valence-corrected chi connectivity index (χ2v) is 8.85. The van der Waals surface area contributed by atoms with Crippen molar-refractivity contribution >= 4 is 28.0 Å². The molecule has 32 heavy (non-hydrogen) atoms. The smallest absolute Gasteiger partial charge is 0.195 e. The SMILES string of the molecule is Cc1nc2c(F)c(O)c(-c3ccc4nc(N5CC[C@H](NCC6CC6)C5)ccc4n3)cc2o1. The monoisotopic (exact) mass is 433 g/mol. The van der Waals surface area contributed by atoms with Crippen molar-refractivity contribution in [1.82, 2.24) is 20.3 Å². The van der Waals surface area contributed by atoms with Gasteiger partial charge in [0, 0.05) is 31.6 Å². The largest absolute Gasteiger partial charge is 0.504 e. The Kier molecular flexibility index (Phi) is 4.50. The van der Waals surface area contributed by atoms with Gasteiger partial charge < -0.3 is 19.7 Å². The van der Waals surface area contributed by atoms with Crippen molar-refractivity contribution < 1.29 is 13.9 Å². The maximum Gasteiger partial charge on any atom is 0.195 e. The van der Waals surface area contributed by atoms with Gasteiger partial charge in [-0.2, -0.15) is 0 Å². The van der Waals surface area contributed by atoms with E-state index >= 15 is 0 Å². The first-order chi connectivity index (χ1) is 15.5. The summed E-state index contributed by atoms with van der Waals surface area (Å²) in [4.78, 5) is 15.7. The van der Waals surface area contributed by atoms with Crippen LogP contribution < -0.4 is 10.2 Å². The Morgan fingerprint density at radius 1 is 1.12 bits per heavy atom. The summed E-state index contributed by atoms with van der Waals surface area (Å²) in [7, 11) is 0. The Morgan fingerprint density at radius 3 is 2.78 bits per heavy atom. The lowest BCUT2D eigenvalue weighted by Crippen LogP contribution is -2.34. The molecule has 0 radical (unpaired) electrons. The molecule has 0 amide bonds. The van der Waals surface area contributed by atoms with Gasteiger partial charge in [0.2, 0.25) is 0 Å². The Hall–Kier alpha value is -3.26. The number of pyridine rings is 2. The number of hydrogen-bond donors (Lipinski definition) is 2. The van der Waals surface area contributed by atoms with Gasteiger partial charge in [0.25, 0.3) is 0 Å². The maximum absolute atomic E-state index is 14.6. The summed E-state index contributed by atoms with van der Waals surface area (Å²) < 4.78 is 20.1. The van der Waals surface area contributed by atoms with Gasteiger partial charge in [0.1, 0.15) is 11.3 Å². The highest BCUT2D eigenvalue weighted by molar-refractivity contribution is 5.87. The second-order valence-electron chi connectivity index (χ2n) is 8.85. The third kappa shape index (κ3) is 3.44. The van der Waals surface area contributed by atoms with Gasteiger partial charge in [-0.1, -0.05) is 0 Å². The molecule has 1 aliphatic carbocycles. The molecule has 1 saturated carbocycles. The van der Waals surface area contributed by atoms with Crippen LogP contribution in [-0.2, 0) is 0 Å². The molecule has 8 heteroatoms. The van der Waals surface area contributed by atoms with Crippen molar-refractivity contribution in [2.75, 3.05) is 24.5 Å². The molecular weight excluding hydrogens is 409 g/mol. The molecule has 2 aliphatic rings. The third-order valence-electron chi connectivity index (χ3n) is 6.41. The van der Waals surface area contributed by atoms with Crippen LogP contribution in [0.3, 0.4) is 0 Å². The summed E-state index contributed by atoms with van der Waals surface area (Å²) >= 11 is 0. The number of nitrogens with one attached hydrogen (secondary N) is 1. The number of oxazole rings is 1. The van der Waals surface area contributed by atoms with E-state index in [4.69, 9.17) is 9.40 Å². The number of phenolic OH excluding ortho intramolecular Hbond substituents is 1. The molecule has 1 aromatic carbocycles. The van der Waals surface area contributed by atoms with Crippen LogP contribution in [0.1, 0.15) is 25.2 Å². The number of fused-ring (bicyclic) bond motifs is 2. The number of rotatable bonds is 5. The molecule has 1 aliphatic heterocycles. The summed E-state index contributed by atoms with van der Waals surface area (Å²) in [6, 6.07) is 9.59. The number of aryl methyl sites for hydroxylation is 1. The number of nitrogens with zero attached hydrogens (tertiary/aromatic N) is 4. The molecular formula is C24H24FN5O2. The number of aromatic nitrogens is 3. The maximum atomic E-state index is 14.6. The van der Waals surface area contributed by atoms with Crippen molar-refractivity contribution in [3.63, 3.8) is 0 Å².